The molecule has 0 aliphatic rings. The molecule has 0 spiro atoms. The maximum absolute atomic E-state index is 13.6. The largest absolute Gasteiger partial charge is 0.492 e. The summed E-state index contributed by atoms with van der Waals surface area (Å²) in [5.41, 5.74) is -0.360. The lowest BCUT2D eigenvalue weighted by atomic mass is 10.0. The molecule has 0 unspecified atom stereocenters. The van der Waals surface area contributed by atoms with Gasteiger partial charge in [-0.25, -0.2) is 8.78 Å². The van der Waals surface area contributed by atoms with Crippen LogP contribution in [-0.4, -0.2) is 12.4 Å². The van der Waals surface area contributed by atoms with Gasteiger partial charge in [0.1, 0.15) is 17.4 Å². The lowest BCUT2D eigenvalue weighted by Gasteiger charge is -2.09. The zero-order chi connectivity index (χ0) is 15.4. The molecule has 0 amide bonds. The predicted octanol–water partition coefficient (Wildman–Crippen LogP) is 4.75. The van der Waals surface area contributed by atoms with E-state index in [2.05, 4.69) is 15.9 Å². The van der Waals surface area contributed by atoms with Crippen molar-refractivity contribution in [1.82, 2.24) is 0 Å². The van der Waals surface area contributed by atoms with E-state index >= 15 is 0 Å². The molecular weight excluding hydrogens is 342 g/mol. The fraction of sp³-hybridized carbons (Fsp3) is 0.188. The van der Waals surface area contributed by atoms with Crippen molar-refractivity contribution in [3.05, 3.63) is 63.6 Å². The minimum atomic E-state index is -0.873. The first-order valence-corrected chi connectivity index (χ1v) is 7.25. The number of hydrogen-bond acceptors (Lipinski definition) is 2. The molecule has 0 radical (unpaired) electrons. The fourth-order valence-electron chi connectivity index (χ4n) is 1.83. The Balaban J connectivity index is 2.34. The zero-order valence-electron chi connectivity index (χ0n) is 11.3. The van der Waals surface area contributed by atoms with Gasteiger partial charge >= 0.3 is 0 Å². The molecule has 0 aliphatic heterocycles. The lowest BCUT2D eigenvalue weighted by molar-refractivity contribution is 0.103. The minimum Gasteiger partial charge on any atom is -0.492 e. The number of rotatable bonds is 5. The maximum atomic E-state index is 13.6. The molecule has 0 saturated heterocycles. The molecule has 0 aromatic heterocycles. The third-order valence-corrected chi connectivity index (χ3v) is 3.47. The highest BCUT2D eigenvalue weighted by Crippen LogP contribution is 2.28. The highest BCUT2D eigenvalue weighted by atomic mass is 79.9. The Labute approximate surface area is 129 Å². The van der Waals surface area contributed by atoms with Gasteiger partial charge in [-0.2, -0.15) is 0 Å². The first kappa shape index (κ1) is 15.6. The molecular formula is C16H13BrF2O2. The van der Waals surface area contributed by atoms with Gasteiger partial charge in [-0.05, 0) is 52.7 Å². The van der Waals surface area contributed by atoms with E-state index in [1.165, 1.54) is 18.2 Å². The monoisotopic (exact) mass is 354 g/mol. The molecule has 21 heavy (non-hydrogen) atoms. The summed E-state index contributed by atoms with van der Waals surface area (Å²) in [6, 6.07) is 7.93. The van der Waals surface area contributed by atoms with Crippen molar-refractivity contribution in [2.75, 3.05) is 6.61 Å². The predicted molar refractivity (Wildman–Crippen MR) is 79.7 cm³/mol. The van der Waals surface area contributed by atoms with Crippen molar-refractivity contribution >= 4 is 21.7 Å². The summed E-state index contributed by atoms with van der Waals surface area (Å²) < 4.78 is 33.3. The topological polar surface area (TPSA) is 26.3 Å². The number of ether oxygens (including phenoxy) is 1. The van der Waals surface area contributed by atoms with E-state index in [1.807, 2.05) is 6.92 Å². The standard InChI is InChI=1S/C16H13BrF2O2/c1-2-8-21-14-7-6-10(9-11(14)17)16(20)15-12(18)4-3-5-13(15)19/h3-7,9H,2,8H2,1H3. The highest BCUT2D eigenvalue weighted by Gasteiger charge is 2.19. The van der Waals surface area contributed by atoms with Crippen molar-refractivity contribution in [1.29, 1.82) is 0 Å². The van der Waals surface area contributed by atoms with Gasteiger partial charge in [-0.1, -0.05) is 13.0 Å². The van der Waals surface area contributed by atoms with E-state index in [9.17, 15) is 13.6 Å². The van der Waals surface area contributed by atoms with E-state index in [0.717, 1.165) is 18.6 Å². The second-order valence-electron chi connectivity index (χ2n) is 4.42. The fourth-order valence-corrected chi connectivity index (χ4v) is 2.32. The van der Waals surface area contributed by atoms with Crippen LogP contribution in [0.2, 0.25) is 0 Å². The number of benzene rings is 2. The van der Waals surface area contributed by atoms with Crippen LogP contribution in [0.3, 0.4) is 0 Å². The number of halogens is 3. The molecule has 0 heterocycles. The second-order valence-corrected chi connectivity index (χ2v) is 5.27. The molecule has 0 N–H and O–H groups in total. The molecule has 110 valence electrons. The SMILES string of the molecule is CCCOc1ccc(C(=O)c2c(F)cccc2F)cc1Br. The summed E-state index contributed by atoms with van der Waals surface area (Å²) in [6.45, 7) is 2.53. The van der Waals surface area contributed by atoms with Crippen molar-refractivity contribution in [3.63, 3.8) is 0 Å². The average Bonchev–Trinajstić information content (AvgIpc) is 2.45. The van der Waals surface area contributed by atoms with Gasteiger partial charge in [-0.15, -0.1) is 0 Å². The Morgan fingerprint density at radius 3 is 2.43 bits per heavy atom. The smallest absolute Gasteiger partial charge is 0.198 e. The van der Waals surface area contributed by atoms with E-state index in [-0.39, 0.29) is 5.56 Å². The Morgan fingerprint density at radius 1 is 1.19 bits per heavy atom. The molecule has 5 heteroatoms. The summed E-state index contributed by atoms with van der Waals surface area (Å²) in [5.74, 6) is -1.86. The summed E-state index contributed by atoms with van der Waals surface area (Å²) >= 11 is 3.29. The quantitative estimate of drug-likeness (QED) is 0.724. The number of ketones is 1. The second kappa shape index (κ2) is 6.80. The van der Waals surface area contributed by atoms with Crippen LogP contribution in [0.4, 0.5) is 8.78 Å². The Kier molecular flexibility index (Phi) is 5.07. The van der Waals surface area contributed by atoms with E-state index < -0.39 is 23.0 Å². The highest BCUT2D eigenvalue weighted by molar-refractivity contribution is 9.10. The molecule has 2 rings (SSSR count). The molecule has 2 aromatic rings. The van der Waals surface area contributed by atoms with E-state index in [1.54, 1.807) is 6.07 Å². The van der Waals surface area contributed by atoms with Gasteiger partial charge in [0, 0.05) is 5.56 Å². The van der Waals surface area contributed by atoms with Gasteiger partial charge in [0.25, 0.3) is 0 Å². The molecule has 0 fully saturated rings. The van der Waals surface area contributed by atoms with E-state index in [0.29, 0.717) is 16.8 Å². The Hall–Kier alpha value is -1.75. The normalized spacial score (nSPS) is 10.5. The first-order chi connectivity index (χ1) is 10.0. The van der Waals surface area contributed by atoms with Crippen LogP contribution in [0.1, 0.15) is 29.3 Å². The number of carbonyl (C=O) groups is 1. The molecule has 0 bridgehead atoms. The number of hydrogen-bond donors (Lipinski definition) is 0. The van der Waals surface area contributed by atoms with Crippen molar-refractivity contribution in [2.24, 2.45) is 0 Å². The van der Waals surface area contributed by atoms with Crippen LogP contribution in [0.25, 0.3) is 0 Å². The van der Waals surface area contributed by atoms with Crippen LogP contribution in [0.15, 0.2) is 40.9 Å². The van der Waals surface area contributed by atoms with Crippen LogP contribution in [-0.2, 0) is 0 Å². The summed E-state index contributed by atoms with van der Waals surface area (Å²) in [5, 5.41) is 0. The summed E-state index contributed by atoms with van der Waals surface area (Å²) in [6.07, 6.45) is 0.855. The van der Waals surface area contributed by atoms with Gasteiger partial charge in [0.15, 0.2) is 5.78 Å². The Bertz CT molecular complexity index is 651. The summed E-state index contributed by atoms with van der Waals surface area (Å²) in [7, 11) is 0. The van der Waals surface area contributed by atoms with Crippen molar-refractivity contribution in [3.8, 4) is 5.75 Å². The van der Waals surface area contributed by atoms with E-state index in [4.69, 9.17) is 4.74 Å². The molecule has 0 aliphatic carbocycles. The molecule has 0 saturated carbocycles. The number of carbonyl (C=O) groups excluding carboxylic acids is 1. The maximum Gasteiger partial charge on any atom is 0.198 e. The average molecular weight is 355 g/mol. The van der Waals surface area contributed by atoms with Gasteiger partial charge in [-0.3, -0.25) is 4.79 Å². The van der Waals surface area contributed by atoms with Gasteiger partial charge < -0.3 is 4.74 Å². The Morgan fingerprint density at radius 2 is 1.86 bits per heavy atom. The van der Waals surface area contributed by atoms with Crippen LogP contribution in [0.5, 0.6) is 5.75 Å². The summed E-state index contributed by atoms with van der Waals surface area (Å²) in [4.78, 5) is 12.2. The molecule has 2 aromatic carbocycles. The lowest BCUT2D eigenvalue weighted by Crippen LogP contribution is -2.07. The van der Waals surface area contributed by atoms with Crippen LogP contribution >= 0.6 is 15.9 Å². The van der Waals surface area contributed by atoms with Crippen LogP contribution < -0.4 is 4.74 Å². The first-order valence-electron chi connectivity index (χ1n) is 6.45. The molecule has 2 nitrogen and oxygen atoms in total. The van der Waals surface area contributed by atoms with Gasteiger partial charge in [0.05, 0.1) is 16.6 Å². The van der Waals surface area contributed by atoms with Crippen molar-refractivity contribution in [2.45, 2.75) is 13.3 Å². The van der Waals surface area contributed by atoms with Crippen LogP contribution in [0, 0.1) is 11.6 Å². The molecule has 0 atom stereocenters. The zero-order valence-corrected chi connectivity index (χ0v) is 12.9. The minimum absolute atomic E-state index is 0.190. The third kappa shape index (κ3) is 3.47. The van der Waals surface area contributed by atoms with Gasteiger partial charge in [0.2, 0.25) is 0 Å². The third-order valence-electron chi connectivity index (χ3n) is 2.85. The van der Waals surface area contributed by atoms with Crippen molar-refractivity contribution < 1.29 is 18.3 Å².